The quantitative estimate of drug-likeness (QED) is 0.699. The lowest BCUT2D eigenvalue weighted by atomic mass is 10.2. The number of hydrogen-bond donors (Lipinski definition) is 3. The van der Waals surface area contributed by atoms with E-state index >= 15 is 0 Å². The predicted octanol–water partition coefficient (Wildman–Crippen LogP) is 0.446. The fourth-order valence-electron chi connectivity index (χ4n) is 1.57. The van der Waals surface area contributed by atoms with E-state index in [0.717, 1.165) is 22.4 Å². The van der Waals surface area contributed by atoms with Crippen LogP contribution in [0.5, 0.6) is 0 Å². The number of aryl methyl sites for hydroxylation is 1. The summed E-state index contributed by atoms with van der Waals surface area (Å²) in [7, 11) is 0. The Morgan fingerprint density at radius 1 is 1.56 bits per heavy atom. The minimum atomic E-state index is -0.152. The van der Waals surface area contributed by atoms with E-state index in [0.29, 0.717) is 6.54 Å². The number of aromatic nitrogens is 2. The molecule has 0 atom stereocenters. The number of imidazole rings is 1. The fourth-order valence-corrected chi connectivity index (χ4v) is 1.57. The van der Waals surface area contributed by atoms with Crippen molar-refractivity contribution in [3.63, 3.8) is 0 Å². The number of nitrogens with zero attached hydrogens (tertiary/aromatic N) is 1. The number of carbonyl (C=O) groups excluding carboxylic acids is 1. The molecule has 0 aliphatic rings. The third kappa shape index (κ3) is 2.20. The SMILES string of the molecule is Cc1nc2ccc(CNC(=O)CN)cc2[nH]1. The Balaban J connectivity index is 2.16. The lowest BCUT2D eigenvalue weighted by Gasteiger charge is -2.03. The molecule has 1 heterocycles. The highest BCUT2D eigenvalue weighted by molar-refractivity contribution is 5.78. The van der Waals surface area contributed by atoms with Crippen LogP contribution in [-0.4, -0.2) is 22.4 Å². The van der Waals surface area contributed by atoms with Crippen LogP contribution in [-0.2, 0) is 11.3 Å². The first-order valence-electron chi connectivity index (χ1n) is 5.11. The smallest absolute Gasteiger partial charge is 0.234 e. The summed E-state index contributed by atoms with van der Waals surface area (Å²) in [6.07, 6.45) is 0. The van der Waals surface area contributed by atoms with Crippen LogP contribution >= 0.6 is 0 Å². The first kappa shape index (κ1) is 10.6. The average molecular weight is 218 g/mol. The van der Waals surface area contributed by atoms with Gasteiger partial charge in [-0.2, -0.15) is 0 Å². The standard InChI is InChI=1S/C11H14N4O/c1-7-14-9-3-2-8(4-10(9)15-7)6-13-11(16)5-12/h2-4H,5-6,12H2,1H3,(H,13,16)(H,14,15). The van der Waals surface area contributed by atoms with E-state index in [4.69, 9.17) is 5.73 Å². The fraction of sp³-hybridized carbons (Fsp3) is 0.273. The molecule has 0 bridgehead atoms. The zero-order valence-electron chi connectivity index (χ0n) is 9.08. The highest BCUT2D eigenvalue weighted by Gasteiger charge is 2.02. The maximum absolute atomic E-state index is 11.0. The van der Waals surface area contributed by atoms with Crippen molar-refractivity contribution in [1.29, 1.82) is 0 Å². The van der Waals surface area contributed by atoms with Gasteiger partial charge in [-0.05, 0) is 24.6 Å². The lowest BCUT2D eigenvalue weighted by Crippen LogP contribution is -2.29. The van der Waals surface area contributed by atoms with Crippen LogP contribution in [0.3, 0.4) is 0 Å². The van der Waals surface area contributed by atoms with Gasteiger partial charge in [-0.15, -0.1) is 0 Å². The molecule has 4 N–H and O–H groups in total. The number of nitrogens with one attached hydrogen (secondary N) is 2. The number of hydrogen-bond acceptors (Lipinski definition) is 3. The first-order chi connectivity index (χ1) is 7.69. The zero-order chi connectivity index (χ0) is 11.5. The van der Waals surface area contributed by atoms with Crippen LogP contribution in [0.2, 0.25) is 0 Å². The second kappa shape index (κ2) is 4.32. The van der Waals surface area contributed by atoms with Crippen molar-refractivity contribution in [2.45, 2.75) is 13.5 Å². The molecule has 1 aromatic carbocycles. The predicted molar refractivity (Wildman–Crippen MR) is 61.7 cm³/mol. The van der Waals surface area contributed by atoms with E-state index in [1.807, 2.05) is 25.1 Å². The van der Waals surface area contributed by atoms with Gasteiger partial charge in [-0.25, -0.2) is 4.98 Å². The molecule has 5 nitrogen and oxygen atoms in total. The van der Waals surface area contributed by atoms with Crippen molar-refractivity contribution in [1.82, 2.24) is 15.3 Å². The second-order valence-electron chi connectivity index (χ2n) is 3.65. The van der Waals surface area contributed by atoms with Gasteiger partial charge in [0.2, 0.25) is 5.91 Å². The Hall–Kier alpha value is -1.88. The van der Waals surface area contributed by atoms with Crippen molar-refractivity contribution in [3.8, 4) is 0 Å². The molecule has 84 valence electrons. The zero-order valence-corrected chi connectivity index (χ0v) is 9.08. The molecule has 0 saturated carbocycles. The van der Waals surface area contributed by atoms with E-state index in [9.17, 15) is 4.79 Å². The van der Waals surface area contributed by atoms with Crippen molar-refractivity contribution >= 4 is 16.9 Å². The molecule has 1 aromatic heterocycles. The van der Waals surface area contributed by atoms with Gasteiger partial charge in [0.15, 0.2) is 0 Å². The highest BCUT2D eigenvalue weighted by atomic mass is 16.1. The minimum Gasteiger partial charge on any atom is -0.351 e. The molecule has 0 unspecified atom stereocenters. The molecular formula is C11H14N4O. The number of benzene rings is 1. The molecule has 0 spiro atoms. The number of nitrogens with two attached hydrogens (primary N) is 1. The number of H-pyrrole nitrogens is 1. The number of fused-ring (bicyclic) bond motifs is 1. The summed E-state index contributed by atoms with van der Waals surface area (Å²) in [5.41, 5.74) is 8.15. The summed E-state index contributed by atoms with van der Waals surface area (Å²) >= 11 is 0. The Morgan fingerprint density at radius 3 is 3.12 bits per heavy atom. The van der Waals surface area contributed by atoms with Crippen LogP contribution in [0.25, 0.3) is 11.0 Å². The molecule has 0 radical (unpaired) electrons. The van der Waals surface area contributed by atoms with Crippen molar-refractivity contribution in [2.75, 3.05) is 6.54 Å². The number of aromatic amines is 1. The van der Waals surface area contributed by atoms with Crippen molar-refractivity contribution in [2.24, 2.45) is 5.73 Å². The summed E-state index contributed by atoms with van der Waals surface area (Å²) in [5.74, 6) is 0.735. The van der Waals surface area contributed by atoms with Gasteiger partial charge in [0.1, 0.15) is 5.82 Å². The monoisotopic (exact) mass is 218 g/mol. The van der Waals surface area contributed by atoms with Crippen molar-refractivity contribution < 1.29 is 4.79 Å². The largest absolute Gasteiger partial charge is 0.351 e. The van der Waals surface area contributed by atoms with Gasteiger partial charge in [0.25, 0.3) is 0 Å². The number of amides is 1. The summed E-state index contributed by atoms with van der Waals surface area (Å²) in [5, 5.41) is 2.72. The summed E-state index contributed by atoms with van der Waals surface area (Å²) in [4.78, 5) is 18.5. The molecule has 16 heavy (non-hydrogen) atoms. The molecule has 2 aromatic rings. The Kier molecular flexibility index (Phi) is 2.87. The topological polar surface area (TPSA) is 83.8 Å². The number of carbonyl (C=O) groups is 1. The molecule has 0 aliphatic carbocycles. The summed E-state index contributed by atoms with van der Waals surface area (Å²) in [6.45, 7) is 2.42. The Morgan fingerprint density at radius 2 is 2.38 bits per heavy atom. The minimum absolute atomic E-state index is 0.0193. The van der Waals surface area contributed by atoms with Gasteiger partial charge in [0.05, 0.1) is 17.6 Å². The Labute approximate surface area is 93.1 Å². The van der Waals surface area contributed by atoms with Gasteiger partial charge >= 0.3 is 0 Å². The van der Waals surface area contributed by atoms with Crippen LogP contribution in [0.1, 0.15) is 11.4 Å². The van der Waals surface area contributed by atoms with Crippen LogP contribution < -0.4 is 11.1 Å². The van der Waals surface area contributed by atoms with Gasteiger partial charge in [-0.3, -0.25) is 4.79 Å². The molecule has 0 fully saturated rings. The van der Waals surface area contributed by atoms with Crippen LogP contribution in [0.15, 0.2) is 18.2 Å². The van der Waals surface area contributed by atoms with Gasteiger partial charge in [-0.1, -0.05) is 6.07 Å². The lowest BCUT2D eigenvalue weighted by molar-refractivity contribution is -0.119. The van der Waals surface area contributed by atoms with E-state index in [1.54, 1.807) is 0 Å². The van der Waals surface area contributed by atoms with Gasteiger partial charge < -0.3 is 16.0 Å². The van der Waals surface area contributed by atoms with E-state index in [-0.39, 0.29) is 12.5 Å². The molecule has 0 saturated heterocycles. The highest BCUT2D eigenvalue weighted by Crippen LogP contribution is 2.13. The van der Waals surface area contributed by atoms with Gasteiger partial charge in [0, 0.05) is 6.54 Å². The molecule has 2 rings (SSSR count). The molecule has 5 heteroatoms. The molecule has 1 amide bonds. The average Bonchev–Trinajstić information content (AvgIpc) is 2.65. The van der Waals surface area contributed by atoms with Crippen LogP contribution in [0.4, 0.5) is 0 Å². The third-order valence-corrected chi connectivity index (χ3v) is 2.34. The van der Waals surface area contributed by atoms with Crippen molar-refractivity contribution in [3.05, 3.63) is 29.6 Å². The summed E-state index contributed by atoms with van der Waals surface area (Å²) in [6, 6.07) is 5.86. The molecular weight excluding hydrogens is 204 g/mol. The maximum atomic E-state index is 11.0. The van der Waals surface area contributed by atoms with E-state index < -0.39 is 0 Å². The number of rotatable bonds is 3. The van der Waals surface area contributed by atoms with Crippen LogP contribution in [0, 0.1) is 6.92 Å². The normalized spacial score (nSPS) is 10.6. The first-order valence-corrected chi connectivity index (χ1v) is 5.11. The molecule has 0 aliphatic heterocycles. The Bertz CT molecular complexity index is 518. The third-order valence-electron chi connectivity index (χ3n) is 2.34. The summed E-state index contributed by atoms with van der Waals surface area (Å²) < 4.78 is 0. The second-order valence-corrected chi connectivity index (χ2v) is 3.65. The maximum Gasteiger partial charge on any atom is 0.234 e. The van der Waals surface area contributed by atoms with E-state index in [1.165, 1.54) is 0 Å². The van der Waals surface area contributed by atoms with E-state index in [2.05, 4.69) is 15.3 Å².